The van der Waals surface area contributed by atoms with Gasteiger partial charge in [-0.05, 0) is 38.0 Å². The molecule has 0 bridgehead atoms. The van der Waals surface area contributed by atoms with Crippen LogP contribution in [0.2, 0.25) is 0 Å². The molecule has 200 valence electrons. The van der Waals surface area contributed by atoms with E-state index in [0.29, 0.717) is 6.42 Å². The molecule has 0 aliphatic carbocycles. The zero-order valence-electron chi connectivity index (χ0n) is 21.1. The highest BCUT2D eigenvalue weighted by molar-refractivity contribution is 5.94. The average Bonchev–Trinajstić information content (AvgIpc) is 2.72. The molecule has 5 amide bonds. The molecule has 13 heteroatoms. The van der Waals surface area contributed by atoms with Gasteiger partial charge in [-0.25, -0.2) is 0 Å². The third kappa shape index (κ3) is 13.9. The van der Waals surface area contributed by atoms with Crippen molar-refractivity contribution in [3.05, 3.63) is 0 Å². The molecule has 9 N–H and O–H groups in total. The van der Waals surface area contributed by atoms with Gasteiger partial charge in [0.2, 0.25) is 29.5 Å². The number of rotatable bonds is 16. The molecule has 4 atom stereocenters. The molecular formula is C22H40N6O7. The molecule has 0 unspecified atom stereocenters. The number of nitrogens with two attached hydrogens (primary N) is 2. The number of aliphatic carboxylic acids is 1. The van der Waals surface area contributed by atoms with Gasteiger partial charge in [-0.2, -0.15) is 0 Å². The summed E-state index contributed by atoms with van der Waals surface area (Å²) in [5.41, 5.74) is 11.1. The summed E-state index contributed by atoms with van der Waals surface area (Å²) in [6, 6.07) is -4.18. The van der Waals surface area contributed by atoms with Crippen molar-refractivity contribution in [2.75, 3.05) is 6.54 Å². The van der Waals surface area contributed by atoms with E-state index in [1.54, 1.807) is 0 Å². The van der Waals surface area contributed by atoms with Crippen molar-refractivity contribution in [2.24, 2.45) is 23.3 Å². The number of primary amides is 1. The topological polar surface area (TPSA) is 223 Å². The molecular weight excluding hydrogens is 460 g/mol. The van der Waals surface area contributed by atoms with Gasteiger partial charge in [-0.3, -0.25) is 28.8 Å². The molecule has 0 saturated carbocycles. The van der Waals surface area contributed by atoms with Gasteiger partial charge < -0.3 is 37.8 Å². The monoisotopic (exact) mass is 500 g/mol. The predicted octanol–water partition coefficient (Wildman–Crippen LogP) is -1.65. The summed E-state index contributed by atoms with van der Waals surface area (Å²) in [5, 5.41) is 18.4. The lowest BCUT2D eigenvalue weighted by atomic mass is 10.00. The van der Waals surface area contributed by atoms with Crippen LogP contribution in [0.15, 0.2) is 0 Å². The zero-order valence-corrected chi connectivity index (χ0v) is 21.1. The molecule has 0 spiro atoms. The molecule has 0 aromatic heterocycles. The summed E-state index contributed by atoms with van der Waals surface area (Å²) < 4.78 is 0. The third-order valence-electron chi connectivity index (χ3n) is 4.89. The van der Waals surface area contributed by atoms with Crippen molar-refractivity contribution in [1.82, 2.24) is 21.3 Å². The van der Waals surface area contributed by atoms with Crippen LogP contribution in [-0.2, 0) is 28.8 Å². The first kappa shape index (κ1) is 31.8. The standard InChI is InChI=1S/C22H40N6O7/c1-11(2)8-14(23)19(31)28-16(9-12(3)4)21(33)27-15(6-7-17(24)29)20(32)25-10-18(30)26-13(5)22(34)35/h11-16H,6-10,23H2,1-5H3,(H2,24,29)(H,25,32)(H,26,30)(H,27,33)(H,28,31)(H,34,35)/t13-,14-,15-,16-/m0/s1. The summed E-state index contributed by atoms with van der Waals surface area (Å²) in [6.07, 6.45) is 0.329. The Bertz CT molecular complexity index is 771. The molecule has 0 fully saturated rings. The highest BCUT2D eigenvalue weighted by Gasteiger charge is 2.29. The van der Waals surface area contributed by atoms with Crippen LogP contribution in [0, 0.1) is 11.8 Å². The van der Waals surface area contributed by atoms with Crippen molar-refractivity contribution < 1.29 is 33.9 Å². The molecule has 13 nitrogen and oxygen atoms in total. The Hall–Kier alpha value is -3.22. The first-order valence-electron chi connectivity index (χ1n) is 11.6. The van der Waals surface area contributed by atoms with E-state index < -0.39 is 66.2 Å². The fraction of sp³-hybridized carbons (Fsp3) is 0.727. The number of carboxylic acid groups (broad SMARTS) is 1. The van der Waals surface area contributed by atoms with Crippen molar-refractivity contribution in [3.63, 3.8) is 0 Å². The maximum atomic E-state index is 13.0. The number of carboxylic acids is 1. The van der Waals surface area contributed by atoms with Gasteiger partial charge in [-0.1, -0.05) is 27.7 Å². The smallest absolute Gasteiger partial charge is 0.325 e. The molecule has 0 rings (SSSR count). The van der Waals surface area contributed by atoms with E-state index in [1.807, 2.05) is 27.7 Å². The van der Waals surface area contributed by atoms with Gasteiger partial charge in [0.15, 0.2) is 0 Å². The Morgan fingerprint density at radius 2 is 1.31 bits per heavy atom. The maximum Gasteiger partial charge on any atom is 0.325 e. The highest BCUT2D eigenvalue weighted by atomic mass is 16.4. The molecule has 0 saturated heterocycles. The number of amides is 5. The second-order valence-electron chi connectivity index (χ2n) is 9.34. The van der Waals surface area contributed by atoms with Crippen LogP contribution >= 0.6 is 0 Å². The Morgan fingerprint density at radius 3 is 1.80 bits per heavy atom. The minimum atomic E-state index is -1.25. The first-order chi connectivity index (χ1) is 16.1. The van der Waals surface area contributed by atoms with Crippen LogP contribution in [-0.4, -0.2) is 71.3 Å². The van der Waals surface area contributed by atoms with Crippen LogP contribution in [0.25, 0.3) is 0 Å². The lowest BCUT2D eigenvalue weighted by Gasteiger charge is -2.25. The van der Waals surface area contributed by atoms with E-state index in [0.717, 1.165) is 0 Å². The highest BCUT2D eigenvalue weighted by Crippen LogP contribution is 2.09. The third-order valence-corrected chi connectivity index (χ3v) is 4.89. The Morgan fingerprint density at radius 1 is 0.771 bits per heavy atom. The quantitative estimate of drug-likeness (QED) is 0.130. The minimum absolute atomic E-state index is 0.0187. The van der Waals surface area contributed by atoms with E-state index in [1.165, 1.54) is 6.92 Å². The Balaban J connectivity index is 5.34. The van der Waals surface area contributed by atoms with Crippen molar-refractivity contribution in [1.29, 1.82) is 0 Å². The van der Waals surface area contributed by atoms with Gasteiger partial charge in [0.05, 0.1) is 12.6 Å². The molecule has 35 heavy (non-hydrogen) atoms. The predicted molar refractivity (Wildman–Crippen MR) is 127 cm³/mol. The zero-order chi connectivity index (χ0) is 27.3. The second kappa shape index (κ2) is 15.6. The Kier molecular flexibility index (Phi) is 14.2. The number of carbonyl (C=O) groups excluding carboxylic acids is 5. The molecule has 0 radical (unpaired) electrons. The van der Waals surface area contributed by atoms with Crippen LogP contribution in [0.1, 0.15) is 60.3 Å². The van der Waals surface area contributed by atoms with E-state index in [2.05, 4.69) is 21.3 Å². The van der Waals surface area contributed by atoms with Crippen molar-refractivity contribution >= 4 is 35.5 Å². The van der Waals surface area contributed by atoms with Crippen molar-refractivity contribution in [2.45, 2.75) is 84.5 Å². The van der Waals surface area contributed by atoms with E-state index >= 15 is 0 Å². The van der Waals surface area contributed by atoms with Crippen LogP contribution in [0.5, 0.6) is 0 Å². The minimum Gasteiger partial charge on any atom is -0.480 e. The fourth-order valence-electron chi connectivity index (χ4n) is 3.07. The SMILES string of the molecule is CC(C)C[C@H](NC(=O)[C@@H](N)CC(C)C)C(=O)N[C@@H](CCC(N)=O)C(=O)NCC(=O)N[C@@H](C)C(=O)O. The van der Waals surface area contributed by atoms with Gasteiger partial charge in [0.1, 0.15) is 18.1 Å². The molecule has 0 heterocycles. The lowest BCUT2D eigenvalue weighted by Crippen LogP contribution is -2.56. The number of nitrogens with one attached hydrogen (secondary N) is 4. The molecule has 0 aromatic carbocycles. The summed E-state index contributed by atoms with van der Waals surface area (Å²) in [7, 11) is 0. The molecule has 0 aliphatic rings. The largest absolute Gasteiger partial charge is 0.480 e. The van der Waals surface area contributed by atoms with E-state index in [9.17, 15) is 28.8 Å². The summed E-state index contributed by atoms with van der Waals surface area (Å²) in [4.78, 5) is 72.0. The summed E-state index contributed by atoms with van der Waals surface area (Å²) in [6.45, 7) is 8.25. The van der Waals surface area contributed by atoms with Crippen LogP contribution < -0.4 is 32.7 Å². The van der Waals surface area contributed by atoms with Gasteiger partial charge in [0.25, 0.3) is 0 Å². The average molecular weight is 501 g/mol. The first-order valence-corrected chi connectivity index (χ1v) is 11.6. The lowest BCUT2D eigenvalue weighted by molar-refractivity contribution is -0.141. The van der Waals surface area contributed by atoms with Gasteiger partial charge in [0, 0.05) is 6.42 Å². The number of hydrogen-bond donors (Lipinski definition) is 7. The van der Waals surface area contributed by atoms with Gasteiger partial charge >= 0.3 is 5.97 Å². The maximum absolute atomic E-state index is 13.0. The summed E-state index contributed by atoms with van der Waals surface area (Å²) >= 11 is 0. The Labute approximate surface area is 205 Å². The summed E-state index contributed by atoms with van der Waals surface area (Å²) in [5.74, 6) is -4.43. The molecule has 0 aliphatic heterocycles. The van der Waals surface area contributed by atoms with Crippen LogP contribution in [0.4, 0.5) is 0 Å². The normalized spacial score (nSPS) is 14.4. The van der Waals surface area contributed by atoms with Gasteiger partial charge in [-0.15, -0.1) is 0 Å². The molecule has 0 aromatic rings. The van der Waals surface area contributed by atoms with Crippen LogP contribution in [0.3, 0.4) is 0 Å². The number of carbonyl (C=O) groups is 6. The van der Waals surface area contributed by atoms with Crippen molar-refractivity contribution in [3.8, 4) is 0 Å². The fourth-order valence-corrected chi connectivity index (χ4v) is 3.07. The van der Waals surface area contributed by atoms with E-state index in [-0.39, 0.29) is 31.1 Å². The number of hydrogen-bond acceptors (Lipinski definition) is 7. The van der Waals surface area contributed by atoms with E-state index in [4.69, 9.17) is 16.6 Å². The second-order valence-corrected chi connectivity index (χ2v) is 9.34.